The molecule has 2 aliphatic heterocycles. The lowest BCUT2D eigenvalue weighted by atomic mass is 10.2. The van der Waals surface area contributed by atoms with Gasteiger partial charge in [-0.25, -0.2) is 4.79 Å². The third-order valence-corrected chi connectivity index (χ3v) is 2.53. The number of hydrogen-bond acceptors (Lipinski definition) is 3. The number of nitrogens with one attached hydrogen (secondary N) is 2. The Morgan fingerprint density at radius 2 is 1.50 bits per heavy atom. The van der Waals surface area contributed by atoms with Crippen molar-refractivity contribution in [3.05, 3.63) is 0 Å². The summed E-state index contributed by atoms with van der Waals surface area (Å²) in [4.78, 5) is 11.4. The summed E-state index contributed by atoms with van der Waals surface area (Å²) >= 11 is 0. The van der Waals surface area contributed by atoms with Crippen molar-refractivity contribution in [3.8, 4) is 0 Å². The summed E-state index contributed by atoms with van der Waals surface area (Å²) in [6.45, 7) is 2.76. The minimum Gasteiger partial charge on any atom is -0.379 e. The van der Waals surface area contributed by atoms with Crippen molar-refractivity contribution in [3.63, 3.8) is 0 Å². The maximum atomic E-state index is 11.4. The summed E-state index contributed by atoms with van der Waals surface area (Å²) < 4.78 is 10.3. The first kappa shape index (κ1) is 9.73. The van der Waals surface area contributed by atoms with Crippen molar-refractivity contribution in [1.82, 2.24) is 10.6 Å². The number of ether oxygens (including phenoxy) is 2. The molecule has 0 aliphatic carbocycles. The third kappa shape index (κ3) is 2.59. The zero-order chi connectivity index (χ0) is 9.80. The van der Waals surface area contributed by atoms with Crippen molar-refractivity contribution in [2.45, 2.75) is 24.9 Å². The lowest BCUT2D eigenvalue weighted by molar-refractivity contribution is 0.183. The van der Waals surface area contributed by atoms with Crippen LogP contribution in [0.5, 0.6) is 0 Å². The molecule has 0 bridgehead atoms. The van der Waals surface area contributed by atoms with E-state index < -0.39 is 0 Å². The molecule has 0 aromatic carbocycles. The monoisotopic (exact) mass is 200 g/mol. The van der Waals surface area contributed by atoms with Gasteiger partial charge in [0, 0.05) is 13.2 Å². The van der Waals surface area contributed by atoms with E-state index in [1.165, 1.54) is 0 Å². The van der Waals surface area contributed by atoms with Gasteiger partial charge in [-0.3, -0.25) is 0 Å². The molecule has 0 aromatic heterocycles. The Balaban J connectivity index is 1.66. The number of urea groups is 1. The fourth-order valence-electron chi connectivity index (χ4n) is 1.71. The van der Waals surface area contributed by atoms with Crippen molar-refractivity contribution < 1.29 is 14.3 Å². The first-order valence-corrected chi connectivity index (χ1v) is 5.07. The van der Waals surface area contributed by atoms with Crippen molar-refractivity contribution in [2.75, 3.05) is 26.4 Å². The molecular weight excluding hydrogens is 184 g/mol. The molecule has 2 heterocycles. The van der Waals surface area contributed by atoms with E-state index in [-0.39, 0.29) is 18.1 Å². The van der Waals surface area contributed by atoms with Crippen LogP contribution in [0.3, 0.4) is 0 Å². The van der Waals surface area contributed by atoms with Crippen molar-refractivity contribution in [2.24, 2.45) is 0 Å². The molecule has 80 valence electrons. The predicted molar refractivity (Wildman–Crippen MR) is 50.1 cm³/mol. The van der Waals surface area contributed by atoms with Crippen LogP contribution in [0.2, 0.25) is 0 Å². The first-order valence-electron chi connectivity index (χ1n) is 5.07. The second-order valence-corrected chi connectivity index (χ2v) is 3.74. The van der Waals surface area contributed by atoms with E-state index in [9.17, 15) is 4.79 Å². The highest BCUT2D eigenvalue weighted by Crippen LogP contribution is 2.05. The zero-order valence-corrected chi connectivity index (χ0v) is 8.12. The van der Waals surface area contributed by atoms with Crippen LogP contribution in [0.15, 0.2) is 0 Å². The Labute approximate surface area is 83.1 Å². The minimum atomic E-state index is -0.101. The van der Waals surface area contributed by atoms with Gasteiger partial charge in [0.2, 0.25) is 0 Å². The highest BCUT2D eigenvalue weighted by Gasteiger charge is 2.21. The largest absolute Gasteiger partial charge is 0.379 e. The van der Waals surface area contributed by atoms with Crippen LogP contribution in [-0.4, -0.2) is 44.5 Å². The molecule has 2 unspecified atom stereocenters. The number of rotatable bonds is 2. The quantitative estimate of drug-likeness (QED) is 0.652. The molecule has 2 aliphatic rings. The van der Waals surface area contributed by atoms with Gasteiger partial charge in [0.25, 0.3) is 0 Å². The molecule has 0 spiro atoms. The molecule has 2 atom stereocenters. The maximum Gasteiger partial charge on any atom is 0.315 e. The predicted octanol–water partition coefficient (Wildman–Crippen LogP) is -0.137. The standard InChI is InChI=1S/C9H16N2O3/c12-9(10-7-1-3-13-5-7)11-8-2-4-14-6-8/h7-8H,1-6H2,(H2,10,11,12). The van der Waals surface area contributed by atoms with Gasteiger partial charge in [-0.15, -0.1) is 0 Å². The van der Waals surface area contributed by atoms with Crippen molar-refractivity contribution in [1.29, 1.82) is 0 Å². The summed E-state index contributed by atoms with van der Waals surface area (Å²) in [7, 11) is 0. The Morgan fingerprint density at radius 3 is 1.86 bits per heavy atom. The van der Waals surface area contributed by atoms with Crippen molar-refractivity contribution >= 4 is 6.03 Å². The van der Waals surface area contributed by atoms with E-state index in [1.807, 2.05) is 0 Å². The van der Waals surface area contributed by atoms with Gasteiger partial charge in [-0.05, 0) is 12.8 Å². The van der Waals surface area contributed by atoms with Crippen LogP contribution in [0.25, 0.3) is 0 Å². The Morgan fingerprint density at radius 1 is 1.00 bits per heavy atom. The first-order chi connectivity index (χ1) is 6.84. The Bertz CT molecular complexity index is 178. The molecular formula is C9H16N2O3. The van der Waals surface area contributed by atoms with Crippen LogP contribution in [-0.2, 0) is 9.47 Å². The molecule has 5 nitrogen and oxygen atoms in total. The van der Waals surface area contributed by atoms with Gasteiger partial charge >= 0.3 is 6.03 Å². The lowest BCUT2D eigenvalue weighted by Gasteiger charge is -2.14. The summed E-state index contributed by atoms with van der Waals surface area (Å²) in [6, 6.07) is 0.255. The molecule has 2 amide bonds. The van der Waals surface area contributed by atoms with E-state index in [0.29, 0.717) is 13.2 Å². The number of hydrogen-bond donors (Lipinski definition) is 2. The molecule has 2 saturated heterocycles. The van der Waals surface area contributed by atoms with E-state index in [1.54, 1.807) is 0 Å². The molecule has 2 fully saturated rings. The number of amides is 2. The summed E-state index contributed by atoms with van der Waals surface area (Å²) in [5, 5.41) is 5.75. The maximum absolute atomic E-state index is 11.4. The van der Waals surface area contributed by atoms with E-state index in [4.69, 9.17) is 9.47 Å². The summed E-state index contributed by atoms with van der Waals surface area (Å²) in [5.74, 6) is 0. The van der Waals surface area contributed by atoms with E-state index >= 15 is 0 Å². The normalized spacial score (nSPS) is 31.7. The molecule has 2 rings (SSSR count). The van der Waals surface area contributed by atoms with Gasteiger partial charge in [0.15, 0.2) is 0 Å². The van der Waals surface area contributed by atoms with Crippen LogP contribution in [0.4, 0.5) is 4.79 Å². The SMILES string of the molecule is O=C(NC1CCOC1)NC1CCOC1. The molecule has 2 N–H and O–H groups in total. The fourth-order valence-corrected chi connectivity index (χ4v) is 1.71. The van der Waals surface area contributed by atoms with Gasteiger partial charge < -0.3 is 20.1 Å². The van der Waals surface area contributed by atoms with Gasteiger partial charge in [-0.2, -0.15) is 0 Å². The molecule has 0 radical (unpaired) electrons. The summed E-state index contributed by atoms with van der Waals surface area (Å²) in [6.07, 6.45) is 1.82. The average Bonchev–Trinajstić information content (AvgIpc) is 2.76. The Hall–Kier alpha value is -0.810. The molecule has 14 heavy (non-hydrogen) atoms. The second-order valence-electron chi connectivity index (χ2n) is 3.74. The fraction of sp³-hybridized carbons (Fsp3) is 0.889. The minimum absolute atomic E-state index is 0.101. The Kier molecular flexibility index (Phi) is 3.21. The smallest absolute Gasteiger partial charge is 0.315 e. The number of carbonyl (C=O) groups is 1. The summed E-state index contributed by atoms with van der Waals surface area (Å²) in [5.41, 5.74) is 0. The van der Waals surface area contributed by atoms with Crippen LogP contribution < -0.4 is 10.6 Å². The van der Waals surface area contributed by atoms with Gasteiger partial charge in [-0.1, -0.05) is 0 Å². The number of carbonyl (C=O) groups excluding carboxylic acids is 1. The third-order valence-electron chi connectivity index (χ3n) is 2.53. The van der Waals surface area contributed by atoms with Gasteiger partial charge in [0.05, 0.1) is 25.3 Å². The molecule has 0 aromatic rings. The van der Waals surface area contributed by atoms with Gasteiger partial charge in [0.1, 0.15) is 0 Å². The average molecular weight is 200 g/mol. The lowest BCUT2D eigenvalue weighted by Crippen LogP contribution is -2.46. The van der Waals surface area contributed by atoms with E-state index in [2.05, 4.69) is 10.6 Å². The van der Waals surface area contributed by atoms with Crippen LogP contribution in [0, 0.1) is 0 Å². The highest BCUT2D eigenvalue weighted by molar-refractivity contribution is 5.74. The zero-order valence-electron chi connectivity index (χ0n) is 8.12. The highest BCUT2D eigenvalue weighted by atomic mass is 16.5. The second kappa shape index (κ2) is 4.61. The van der Waals surface area contributed by atoms with E-state index in [0.717, 1.165) is 26.1 Å². The topological polar surface area (TPSA) is 59.6 Å². The molecule has 5 heteroatoms. The van der Waals surface area contributed by atoms with Crippen LogP contribution >= 0.6 is 0 Å². The molecule has 0 saturated carbocycles. The van der Waals surface area contributed by atoms with Crippen LogP contribution in [0.1, 0.15) is 12.8 Å².